The van der Waals surface area contributed by atoms with E-state index < -0.39 is 12.2 Å². The Morgan fingerprint density at radius 2 is 2.00 bits per heavy atom. The van der Waals surface area contributed by atoms with Crippen molar-refractivity contribution in [2.45, 2.75) is 65.7 Å². The van der Waals surface area contributed by atoms with Crippen LogP contribution in [0.4, 0.5) is 0 Å². The molecule has 3 atom stereocenters. The van der Waals surface area contributed by atoms with Crippen LogP contribution in [0.1, 0.15) is 57.8 Å². The van der Waals surface area contributed by atoms with Gasteiger partial charge in [0.05, 0.1) is 6.10 Å². The molecule has 118 valence electrons. The quantitative estimate of drug-likeness (QED) is 0.812. The fourth-order valence-electron chi connectivity index (χ4n) is 2.17. The van der Waals surface area contributed by atoms with Crippen LogP contribution in [0.2, 0.25) is 0 Å². The van der Waals surface area contributed by atoms with Gasteiger partial charge in [0.2, 0.25) is 0 Å². The number of amides is 1. The maximum absolute atomic E-state index is 12.0. The SMILES string of the molecule is CCCC(C)NC(=O)C(C)Oc1ccc([C@H](C)O)cc1C. The van der Waals surface area contributed by atoms with E-state index in [9.17, 15) is 9.90 Å². The van der Waals surface area contributed by atoms with Crippen molar-refractivity contribution in [2.24, 2.45) is 0 Å². The Kier molecular flexibility index (Phi) is 6.69. The predicted octanol–water partition coefficient (Wildman–Crippen LogP) is 3.12. The lowest BCUT2D eigenvalue weighted by molar-refractivity contribution is -0.127. The van der Waals surface area contributed by atoms with E-state index in [0.29, 0.717) is 5.75 Å². The van der Waals surface area contributed by atoms with E-state index in [-0.39, 0.29) is 11.9 Å². The zero-order chi connectivity index (χ0) is 16.0. The molecule has 0 radical (unpaired) electrons. The first-order valence-corrected chi connectivity index (χ1v) is 7.60. The van der Waals surface area contributed by atoms with Crippen molar-refractivity contribution in [2.75, 3.05) is 0 Å². The third kappa shape index (κ3) is 5.38. The molecule has 4 heteroatoms. The van der Waals surface area contributed by atoms with Gasteiger partial charge in [0.15, 0.2) is 6.10 Å². The van der Waals surface area contributed by atoms with Gasteiger partial charge in [-0.1, -0.05) is 19.4 Å². The Morgan fingerprint density at radius 1 is 1.33 bits per heavy atom. The van der Waals surface area contributed by atoms with Crippen LogP contribution < -0.4 is 10.1 Å². The van der Waals surface area contributed by atoms with Gasteiger partial charge in [-0.3, -0.25) is 4.79 Å². The van der Waals surface area contributed by atoms with Crippen molar-refractivity contribution < 1.29 is 14.6 Å². The maximum atomic E-state index is 12.0. The van der Waals surface area contributed by atoms with E-state index in [2.05, 4.69) is 12.2 Å². The van der Waals surface area contributed by atoms with Crippen molar-refractivity contribution in [3.05, 3.63) is 29.3 Å². The largest absolute Gasteiger partial charge is 0.481 e. The van der Waals surface area contributed by atoms with E-state index >= 15 is 0 Å². The fraction of sp³-hybridized carbons (Fsp3) is 0.588. The summed E-state index contributed by atoms with van der Waals surface area (Å²) in [6.07, 6.45) is 0.950. The van der Waals surface area contributed by atoms with Crippen LogP contribution >= 0.6 is 0 Å². The molecule has 0 heterocycles. The number of carbonyl (C=O) groups is 1. The number of aliphatic hydroxyl groups excluding tert-OH is 1. The second-order valence-corrected chi connectivity index (χ2v) is 5.66. The molecular weight excluding hydrogens is 266 g/mol. The predicted molar refractivity (Wildman–Crippen MR) is 84.4 cm³/mol. The molecule has 21 heavy (non-hydrogen) atoms. The average Bonchev–Trinajstić information content (AvgIpc) is 2.40. The average molecular weight is 293 g/mol. The number of rotatable bonds is 7. The Hall–Kier alpha value is -1.55. The normalized spacial score (nSPS) is 15.1. The van der Waals surface area contributed by atoms with Gasteiger partial charge >= 0.3 is 0 Å². The molecule has 0 fully saturated rings. The summed E-state index contributed by atoms with van der Waals surface area (Å²) in [4.78, 5) is 12.0. The molecule has 1 aromatic carbocycles. The highest BCUT2D eigenvalue weighted by molar-refractivity contribution is 5.81. The summed E-state index contributed by atoms with van der Waals surface area (Å²) in [6.45, 7) is 9.47. The zero-order valence-electron chi connectivity index (χ0n) is 13.6. The molecule has 2 unspecified atom stereocenters. The van der Waals surface area contributed by atoms with E-state index in [1.54, 1.807) is 19.9 Å². The number of hydrogen-bond acceptors (Lipinski definition) is 3. The summed E-state index contributed by atoms with van der Waals surface area (Å²) < 4.78 is 5.73. The highest BCUT2D eigenvalue weighted by atomic mass is 16.5. The highest BCUT2D eigenvalue weighted by Gasteiger charge is 2.17. The first-order chi connectivity index (χ1) is 9.85. The summed E-state index contributed by atoms with van der Waals surface area (Å²) in [7, 11) is 0. The van der Waals surface area contributed by atoms with Crippen LogP contribution in [-0.2, 0) is 4.79 Å². The van der Waals surface area contributed by atoms with Crippen LogP contribution in [0.25, 0.3) is 0 Å². The fourth-order valence-corrected chi connectivity index (χ4v) is 2.17. The lowest BCUT2D eigenvalue weighted by atomic mass is 10.1. The van der Waals surface area contributed by atoms with Gasteiger partial charge < -0.3 is 15.2 Å². The molecule has 0 spiro atoms. The monoisotopic (exact) mass is 293 g/mol. The molecule has 2 N–H and O–H groups in total. The van der Waals surface area contributed by atoms with Crippen LogP contribution in [0.5, 0.6) is 5.75 Å². The molecule has 0 aromatic heterocycles. The molecule has 1 aromatic rings. The van der Waals surface area contributed by atoms with Crippen molar-refractivity contribution in [3.63, 3.8) is 0 Å². The van der Waals surface area contributed by atoms with Gasteiger partial charge in [0.1, 0.15) is 5.75 Å². The number of hydrogen-bond donors (Lipinski definition) is 2. The van der Waals surface area contributed by atoms with Crippen LogP contribution in [0, 0.1) is 6.92 Å². The number of nitrogens with one attached hydrogen (secondary N) is 1. The molecule has 0 saturated heterocycles. The number of benzene rings is 1. The Balaban J connectivity index is 2.66. The molecule has 1 amide bonds. The standard InChI is InChI=1S/C17H27NO3/c1-6-7-12(3)18-17(20)14(5)21-16-9-8-15(13(4)19)10-11(16)2/h8-10,12-14,19H,6-7H2,1-5H3,(H,18,20)/t12?,13-,14?/m0/s1. The second-order valence-electron chi connectivity index (χ2n) is 5.66. The number of aryl methyl sites for hydroxylation is 1. The molecule has 0 aliphatic carbocycles. The van der Waals surface area contributed by atoms with Gasteiger partial charge in [-0.25, -0.2) is 0 Å². The Bertz CT molecular complexity index is 471. The topological polar surface area (TPSA) is 58.6 Å². The first kappa shape index (κ1) is 17.5. The van der Waals surface area contributed by atoms with Crippen LogP contribution in [-0.4, -0.2) is 23.2 Å². The summed E-state index contributed by atoms with van der Waals surface area (Å²) in [5.41, 5.74) is 1.75. The lowest BCUT2D eigenvalue weighted by Gasteiger charge is -2.19. The van der Waals surface area contributed by atoms with Gasteiger partial charge in [0, 0.05) is 6.04 Å². The lowest BCUT2D eigenvalue weighted by Crippen LogP contribution is -2.41. The van der Waals surface area contributed by atoms with Gasteiger partial charge in [-0.05, 0) is 57.4 Å². The molecule has 1 rings (SSSR count). The number of ether oxygens (including phenoxy) is 1. The van der Waals surface area contributed by atoms with Crippen LogP contribution in [0.15, 0.2) is 18.2 Å². The smallest absolute Gasteiger partial charge is 0.260 e. The van der Waals surface area contributed by atoms with Gasteiger partial charge in [-0.2, -0.15) is 0 Å². The summed E-state index contributed by atoms with van der Waals surface area (Å²) in [5, 5.41) is 12.5. The molecule has 0 aliphatic rings. The van der Waals surface area contributed by atoms with Crippen molar-refractivity contribution in [1.29, 1.82) is 0 Å². The van der Waals surface area contributed by atoms with Crippen molar-refractivity contribution in [1.82, 2.24) is 5.32 Å². The summed E-state index contributed by atoms with van der Waals surface area (Å²) in [6, 6.07) is 5.66. The second kappa shape index (κ2) is 8.03. The summed E-state index contributed by atoms with van der Waals surface area (Å²) >= 11 is 0. The summed E-state index contributed by atoms with van der Waals surface area (Å²) in [5.74, 6) is 0.570. The number of carbonyl (C=O) groups excluding carboxylic acids is 1. The zero-order valence-corrected chi connectivity index (χ0v) is 13.6. The van der Waals surface area contributed by atoms with E-state index in [0.717, 1.165) is 24.0 Å². The minimum Gasteiger partial charge on any atom is -0.481 e. The minimum absolute atomic E-state index is 0.102. The van der Waals surface area contributed by atoms with Crippen molar-refractivity contribution in [3.8, 4) is 5.75 Å². The molecule has 0 aliphatic heterocycles. The molecule has 4 nitrogen and oxygen atoms in total. The van der Waals surface area contributed by atoms with Crippen molar-refractivity contribution >= 4 is 5.91 Å². The van der Waals surface area contributed by atoms with E-state index in [1.165, 1.54) is 0 Å². The number of aliphatic hydroxyl groups is 1. The molecule has 0 saturated carbocycles. The Morgan fingerprint density at radius 3 is 2.52 bits per heavy atom. The molecule has 0 bridgehead atoms. The van der Waals surface area contributed by atoms with Gasteiger partial charge in [-0.15, -0.1) is 0 Å². The first-order valence-electron chi connectivity index (χ1n) is 7.60. The van der Waals surface area contributed by atoms with Gasteiger partial charge in [0.25, 0.3) is 5.91 Å². The maximum Gasteiger partial charge on any atom is 0.260 e. The Labute approximate surface area is 127 Å². The molecular formula is C17H27NO3. The minimum atomic E-state index is -0.541. The van der Waals surface area contributed by atoms with E-state index in [1.807, 2.05) is 26.0 Å². The van der Waals surface area contributed by atoms with Crippen LogP contribution in [0.3, 0.4) is 0 Å². The third-order valence-electron chi connectivity index (χ3n) is 3.46. The third-order valence-corrected chi connectivity index (χ3v) is 3.46. The highest BCUT2D eigenvalue weighted by Crippen LogP contribution is 2.23. The van der Waals surface area contributed by atoms with E-state index in [4.69, 9.17) is 4.74 Å².